The molecular formula is C31H52O2. The Labute approximate surface area is 204 Å². The van der Waals surface area contributed by atoms with Gasteiger partial charge >= 0.3 is 0 Å². The van der Waals surface area contributed by atoms with Crippen LogP contribution in [0.15, 0.2) is 11.6 Å². The van der Waals surface area contributed by atoms with Crippen molar-refractivity contribution in [3.8, 4) is 0 Å². The number of hydrogen-bond acceptors (Lipinski definition) is 2. The maximum atomic E-state index is 11.0. The number of aliphatic hydroxyl groups is 2. The quantitative estimate of drug-likeness (QED) is 0.402. The molecule has 5 aliphatic rings. The molecule has 2 N–H and O–H groups in total. The smallest absolute Gasteiger partial charge is 0.0682 e. The molecule has 0 bridgehead atoms. The first-order chi connectivity index (χ1) is 15.5. The average Bonchev–Trinajstić information content (AvgIpc) is 3.08. The van der Waals surface area contributed by atoms with E-state index in [0.29, 0.717) is 16.7 Å². The monoisotopic (exact) mass is 456 g/mol. The van der Waals surface area contributed by atoms with Crippen LogP contribution in [0.5, 0.6) is 0 Å². The van der Waals surface area contributed by atoms with Crippen LogP contribution in [0.25, 0.3) is 0 Å². The molecule has 0 aromatic heterocycles. The fourth-order valence-corrected chi connectivity index (χ4v) is 9.94. The largest absolute Gasteiger partial charge is 0.390 e. The van der Waals surface area contributed by atoms with Crippen molar-refractivity contribution in [1.82, 2.24) is 0 Å². The zero-order valence-electron chi connectivity index (χ0n) is 22.3. The van der Waals surface area contributed by atoms with Gasteiger partial charge in [0, 0.05) is 0 Å². The van der Waals surface area contributed by atoms with E-state index in [2.05, 4.69) is 40.7 Å². The highest BCUT2D eigenvalue weighted by Crippen LogP contribution is 2.68. The van der Waals surface area contributed by atoms with Crippen LogP contribution in [0, 0.1) is 46.3 Å². The zero-order chi connectivity index (χ0) is 23.6. The molecule has 188 valence electrons. The van der Waals surface area contributed by atoms with Gasteiger partial charge in [0.2, 0.25) is 0 Å². The second-order valence-electron chi connectivity index (χ2n) is 14.2. The summed E-state index contributed by atoms with van der Waals surface area (Å²) in [5.74, 6) is 4.65. The Morgan fingerprint density at radius 1 is 1.06 bits per heavy atom. The van der Waals surface area contributed by atoms with Gasteiger partial charge in [-0.3, -0.25) is 0 Å². The van der Waals surface area contributed by atoms with Gasteiger partial charge in [0.25, 0.3) is 0 Å². The van der Waals surface area contributed by atoms with Crippen molar-refractivity contribution in [1.29, 1.82) is 0 Å². The summed E-state index contributed by atoms with van der Waals surface area (Å²) in [6.07, 6.45) is 19.4. The topological polar surface area (TPSA) is 40.5 Å². The molecule has 0 heterocycles. The molecule has 5 aliphatic carbocycles. The van der Waals surface area contributed by atoms with Gasteiger partial charge in [-0.25, -0.2) is 0 Å². The van der Waals surface area contributed by atoms with E-state index in [9.17, 15) is 10.2 Å². The lowest BCUT2D eigenvalue weighted by Gasteiger charge is -2.59. The maximum absolute atomic E-state index is 11.0. The van der Waals surface area contributed by atoms with Crippen LogP contribution in [-0.2, 0) is 0 Å². The first kappa shape index (κ1) is 24.4. The maximum Gasteiger partial charge on any atom is 0.0682 e. The molecule has 5 rings (SSSR count). The van der Waals surface area contributed by atoms with Crippen molar-refractivity contribution in [2.75, 3.05) is 0 Å². The van der Waals surface area contributed by atoms with Gasteiger partial charge in [0.1, 0.15) is 0 Å². The first-order valence-corrected chi connectivity index (χ1v) is 14.7. The third kappa shape index (κ3) is 3.89. The lowest BCUT2D eigenvalue weighted by Crippen LogP contribution is -2.52. The summed E-state index contributed by atoms with van der Waals surface area (Å²) in [6.45, 7) is 12.0. The highest BCUT2D eigenvalue weighted by molar-refractivity contribution is 5.27. The first-order valence-electron chi connectivity index (χ1n) is 14.7. The lowest BCUT2D eigenvalue weighted by atomic mass is 9.46. The standard InChI is InChI=1S/C31H52O2/c1-6-31(33)19-18-28(3)23(20-31)10-11-24-26-13-12-25(29(26,4)16-15-27(24)28)21(2)14-17-30(5,32)22-8-7-9-22/h10,21-22,24-27,32-33H,6-9,11-20H2,1-5H3/t21-,24+,25-,26+,27+,28+,29-,30-,31+/m1/s1. The average molecular weight is 457 g/mol. The fraction of sp³-hybridized carbons (Fsp3) is 0.935. The molecule has 0 unspecified atom stereocenters. The van der Waals surface area contributed by atoms with Gasteiger partial charge in [0.05, 0.1) is 11.2 Å². The van der Waals surface area contributed by atoms with Crippen LogP contribution in [-0.4, -0.2) is 21.4 Å². The van der Waals surface area contributed by atoms with E-state index in [1.165, 1.54) is 64.2 Å². The summed E-state index contributed by atoms with van der Waals surface area (Å²) in [4.78, 5) is 0. The number of allylic oxidation sites excluding steroid dienone is 1. The van der Waals surface area contributed by atoms with Crippen LogP contribution < -0.4 is 0 Å². The normalized spacial score (nSPS) is 48.0. The third-order valence-corrected chi connectivity index (χ3v) is 12.8. The van der Waals surface area contributed by atoms with E-state index in [-0.39, 0.29) is 0 Å². The molecule has 0 spiro atoms. The third-order valence-electron chi connectivity index (χ3n) is 12.8. The van der Waals surface area contributed by atoms with Crippen molar-refractivity contribution in [3.05, 3.63) is 11.6 Å². The summed E-state index contributed by atoms with van der Waals surface area (Å²) in [7, 11) is 0. The molecular weight excluding hydrogens is 404 g/mol. The molecule has 0 saturated heterocycles. The van der Waals surface area contributed by atoms with Crippen molar-refractivity contribution in [3.63, 3.8) is 0 Å². The molecule has 0 aliphatic heterocycles. The molecule has 9 atom stereocenters. The lowest BCUT2D eigenvalue weighted by molar-refractivity contribution is -0.0783. The van der Waals surface area contributed by atoms with E-state index in [0.717, 1.165) is 55.3 Å². The van der Waals surface area contributed by atoms with Crippen molar-refractivity contribution in [2.24, 2.45) is 46.3 Å². The van der Waals surface area contributed by atoms with Gasteiger partial charge in [-0.1, -0.05) is 45.8 Å². The highest BCUT2D eigenvalue weighted by atomic mass is 16.3. The van der Waals surface area contributed by atoms with Gasteiger partial charge in [-0.2, -0.15) is 0 Å². The number of rotatable bonds is 6. The molecule has 0 amide bonds. The predicted octanol–water partition coefficient (Wildman–Crippen LogP) is 7.67. The van der Waals surface area contributed by atoms with E-state index in [1.807, 2.05) is 0 Å². The SMILES string of the molecule is CC[C@]1(O)CC[C@@]2(C)C(=CC[C@H]3[C@@H]4CC[C@H]([C@H](C)CC[C@@](C)(O)C5CCC5)[C@@]4(C)CC[C@@H]32)C1. The van der Waals surface area contributed by atoms with E-state index in [4.69, 9.17) is 0 Å². The summed E-state index contributed by atoms with van der Waals surface area (Å²) >= 11 is 0. The fourth-order valence-electron chi connectivity index (χ4n) is 9.94. The minimum Gasteiger partial charge on any atom is -0.390 e. The second kappa shape index (κ2) is 8.36. The molecule has 4 saturated carbocycles. The van der Waals surface area contributed by atoms with Gasteiger partial charge < -0.3 is 10.2 Å². The molecule has 2 heteroatoms. The van der Waals surface area contributed by atoms with Crippen LogP contribution >= 0.6 is 0 Å². The van der Waals surface area contributed by atoms with Crippen LogP contribution in [0.2, 0.25) is 0 Å². The van der Waals surface area contributed by atoms with Crippen molar-refractivity contribution >= 4 is 0 Å². The van der Waals surface area contributed by atoms with E-state index >= 15 is 0 Å². The van der Waals surface area contributed by atoms with E-state index < -0.39 is 11.2 Å². The van der Waals surface area contributed by atoms with Crippen LogP contribution in [0.3, 0.4) is 0 Å². The molecule has 33 heavy (non-hydrogen) atoms. The van der Waals surface area contributed by atoms with Crippen molar-refractivity contribution in [2.45, 2.75) is 136 Å². The Kier molecular flexibility index (Phi) is 6.17. The molecule has 0 aromatic rings. The number of hydrogen-bond donors (Lipinski definition) is 2. The van der Waals surface area contributed by atoms with Crippen LogP contribution in [0.1, 0.15) is 125 Å². The highest BCUT2D eigenvalue weighted by Gasteiger charge is 2.59. The summed E-state index contributed by atoms with van der Waals surface area (Å²) in [5.41, 5.74) is 1.53. The Balaban J connectivity index is 1.29. The minimum atomic E-state index is -0.448. The Hall–Kier alpha value is -0.340. The number of fused-ring (bicyclic) bond motifs is 5. The molecule has 2 nitrogen and oxygen atoms in total. The second-order valence-corrected chi connectivity index (χ2v) is 14.2. The summed E-state index contributed by atoms with van der Waals surface area (Å²) in [6, 6.07) is 0. The van der Waals surface area contributed by atoms with Crippen molar-refractivity contribution < 1.29 is 10.2 Å². The Morgan fingerprint density at radius 2 is 1.82 bits per heavy atom. The van der Waals surface area contributed by atoms with Crippen LogP contribution in [0.4, 0.5) is 0 Å². The van der Waals surface area contributed by atoms with Gasteiger partial charge in [-0.15, -0.1) is 0 Å². The zero-order valence-corrected chi connectivity index (χ0v) is 22.3. The van der Waals surface area contributed by atoms with Gasteiger partial charge in [0.15, 0.2) is 0 Å². The molecule has 0 radical (unpaired) electrons. The Bertz CT molecular complexity index is 765. The summed E-state index contributed by atoms with van der Waals surface area (Å²) < 4.78 is 0. The molecule has 4 fully saturated rings. The summed E-state index contributed by atoms with van der Waals surface area (Å²) in [5, 5.41) is 22.1. The molecule has 0 aromatic carbocycles. The Morgan fingerprint density at radius 3 is 2.48 bits per heavy atom. The van der Waals surface area contributed by atoms with Gasteiger partial charge in [-0.05, 0) is 137 Å². The van der Waals surface area contributed by atoms with E-state index in [1.54, 1.807) is 5.57 Å². The minimum absolute atomic E-state index is 0.330. The predicted molar refractivity (Wildman–Crippen MR) is 137 cm³/mol.